The molecule has 3 rings (SSSR count). The maximum absolute atomic E-state index is 11.8. The number of quaternary nitrogens is 1. The van der Waals surface area contributed by atoms with Crippen LogP contribution in [0.2, 0.25) is 0 Å². The Labute approximate surface area is 128 Å². The van der Waals surface area contributed by atoms with Crippen LogP contribution in [-0.2, 0) is 16.1 Å². The highest BCUT2D eigenvalue weighted by molar-refractivity contribution is 7.18. The maximum atomic E-state index is 11.8. The van der Waals surface area contributed by atoms with Gasteiger partial charge in [0, 0.05) is 7.11 Å². The Morgan fingerprint density at radius 3 is 2.86 bits per heavy atom. The first-order chi connectivity index (χ1) is 10.3. The number of amides is 1. The van der Waals surface area contributed by atoms with Gasteiger partial charge < -0.3 is 14.5 Å². The molecule has 0 saturated carbocycles. The van der Waals surface area contributed by atoms with Gasteiger partial charge in [0.25, 0.3) is 0 Å². The molecule has 1 saturated heterocycles. The van der Waals surface area contributed by atoms with E-state index in [4.69, 9.17) is 4.74 Å². The van der Waals surface area contributed by atoms with Crippen LogP contribution in [-0.4, -0.2) is 55.7 Å². The number of thiazole rings is 1. The van der Waals surface area contributed by atoms with Gasteiger partial charge in [-0.1, -0.05) is 12.1 Å². The van der Waals surface area contributed by atoms with E-state index >= 15 is 0 Å². The number of benzene rings is 1. The summed E-state index contributed by atoms with van der Waals surface area (Å²) in [7, 11) is 1.56. The average molecular weight is 306 g/mol. The Bertz CT molecular complexity index is 587. The molecule has 5 nitrogen and oxygen atoms in total. The molecule has 112 valence electrons. The molecule has 1 aromatic carbocycles. The van der Waals surface area contributed by atoms with E-state index in [-0.39, 0.29) is 12.5 Å². The summed E-state index contributed by atoms with van der Waals surface area (Å²) in [5.74, 6) is 0.0940. The van der Waals surface area contributed by atoms with Gasteiger partial charge in [-0.25, -0.2) is 4.98 Å². The molecule has 0 spiro atoms. The zero-order valence-corrected chi connectivity index (χ0v) is 13.0. The van der Waals surface area contributed by atoms with E-state index in [0.29, 0.717) is 0 Å². The molecular formula is C15H20N3O2S+. The minimum Gasteiger partial charge on any atom is -0.375 e. The van der Waals surface area contributed by atoms with Gasteiger partial charge in [0.15, 0.2) is 0 Å². The molecule has 2 heterocycles. The lowest BCUT2D eigenvalue weighted by Crippen LogP contribution is -3.13. The van der Waals surface area contributed by atoms with Crippen molar-refractivity contribution in [2.45, 2.75) is 6.54 Å². The number of rotatable bonds is 4. The largest absolute Gasteiger partial charge is 0.375 e. The molecule has 1 aliphatic heterocycles. The number of aromatic nitrogens is 1. The SMILES string of the molecule is COCC(=O)N1CC[NH+](Cc2nc3ccccc3s2)CC1. The van der Waals surface area contributed by atoms with Gasteiger partial charge in [0.1, 0.15) is 18.2 Å². The summed E-state index contributed by atoms with van der Waals surface area (Å²) in [4.78, 5) is 19.8. The van der Waals surface area contributed by atoms with Crippen molar-refractivity contribution in [3.05, 3.63) is 29.3 Å². The highest BCUT2D eigenvalue weighted by Crippen LogP contribution is 2.20. The molecule has 0 aliphatic carbocycles. The number of nitrogens with zero attached hydrogens (tertiary/aromatic N) is 2. The fourth-order valence-corrected chi connectivity index (χ4v) is 3.71. The van der Waals surface area contributed by atoms with Crippen LogP contribution in [0.1, 0.15) is 5.01 Å². The second-order valence-electron chi connectivity index (χ2n) is 5.32. The van der Waals surface area contributed by atoms with Crippen LogP contribution in [0.3, 0.4) is 0 Å². The van der Waals surface area contributed by atoms with Crippen LogP contribution in [0.5, 0.6) is 0 Å². The van der Waals surface area contributed by atoms with Gasteiger partial charge in [-0.2, -0.15) is 0 Å². The topological polar surface area (TPSA) is 46.9 Å². The van der Waals surface area contributed by atoms with Gasteiger partial charge in [-0.05, 0) is 12.1 Å². The van der Waals surface area contributed by atoms with E-state index in [1.807, 2.05) is 11.0 Å². The number of hydrogen-bond acceptors (Lipinski definition) is 4. The molecule has 1 N–H and O–H groups in total. The third-order valence-corrected chi connectivity index (χ3v) is 4.87. The summed E-state index contributed by atoms with van der Waals surface area (Å²) in [5, 5.41) is 1.18. The normalized spacial score (nSPS) is 16.5. The molecule has 0 radical (unpaired) electrons. The summed E-state index contributed by atoms with van der Waals surface area (Å²) in [6, 6.07) is 8.26. The Morgan fingerprint density at radius 2 is 2.14 bits per heavy atom. The molecule has 0 unspecified atom stereocenters. The van der Waals surface area contributed by atoms with Gasteiger partial charge >= 0.3 is 0 Å². The second-order valence-corrected chi connectivity index (χ2v) is 6.43. The highest BCUT2D eigenvalue weighted by atomic mass is 32.1. The van der Waals surface area contributed by atoms with Crippen LogP contribution >= 0.6 is 11.3 Å². The molecule has 2 aromatic rings. The number of para-hydroxylation sites is 1. The van der Waals surface area contributed by atoms with Crippen LogP contribution in [0.25, 0.3) is 10.2 Å². The van der Waals surface area contributed by atoms with Gasteiger partial charge in [0.05, 0.1) is 36.4 Å². The van der Waals surface area contributed by atoms with Crippen LogP contribution in [0.4, 0.5) is 0 Å². The van der Waals surface area contributed by atoms with Crippen molar-refractivity contribution in [3.63, 3.8) is 0 Å². The first-order valence-electron chi connectivity index (χ1n) is 7.21. The van der Waals surface area contributed by atoms with Crippen molar-refractivity contribution in [2.75, 3.05) is 39.9 Å². The molecule has 6 heteroatoms. The first-order valence-corrected chi connectivity index (χ1v) is 8.02. The number of methoxy groups -OCH3 is 1. The van der Waals surface area contributed by atoms with Gasteiger partial charge in [0.2, 0.25) is 5.91 Å². The van der Waals surface area contributed by atoms with Crippen LogP contribution in [0, 0.1) is 0 Å². The minimum absolute atomic E-state index is 0.0940. The van der Waals surface area contributed by atoms with E-state index in [1.165, 1.54) is 14.6 Å². The van der Waals surface area contributed by atoms with E-state index in [2.05, 4.69) is 23.2 Å². The van der Waals surface area contributed by atoms with Crippen molar-refractivity contribution in [3.8, 4) is 0 Å². The highest BCUT2D eigenvalue weighted by Gasteiger charge is 2.24. The molecule has 1 aliphatic rings. The van der Waals surface area contributed by atoms with Crippen molar-refractivity contribution in [1.29, 1.82) is 0 Å². The lowest BCUT2D eigenvalue weighted by atomic mass is 10.3. The number of nitrogens with one attached hydrogen (secondary N) is 1. The molecule has 0 bridgehead atoms. The number of ether oxygens (including phenoxy) is 1. The Hall–Kier alpha value is -1.50. The molecule has 21 heavy (non-hydrogen) atoms. The van der Waals surface area contributed by atoms with Crippen molar-refractivity contribution >= 4 is 27.5 Å². The van der Waals surface area contributed by atoms with Crippen molar-refractivity contribution in [2.24, 2.45) is 0 Å². The predicted molar refractivity (Wildman–Crippen MR) is 82.5 cm³/mol. The van der Waals surface area contributed by atoms with E-state index in [1.54, 1.807) is 18.4 Å². The summed E-state index contributed by atoms with van der Waals surface area (Å²) in [6.07, 6.45) is 0. The summed E-state index contributed by atoms with van der Waals surface area (Å²) in [6.45, 7) is 4.71. The molecule has 1 fully saturated rings. The van der Waals surface area contributed by atoms with Crippen molar-refractivity contribution < 1.29 is 14.4 Å². The zero-order valence-electron chi connectivity index (χ0n) is 12.2. The smallest absolute Gasteiger partial charge is 0.248 e. The third kappa shape index (κ3) is 3.40. The third-order valence-electron chi connectivity index (χ3n) is 3.83. The van der Waals surface area contributed by atoms with E-state index in [0.717, 1.165) is 38.2 Å². The lowest BCUT2D eigenvalue weighted by molar-refractivity contribution is -0.917. The van der Waals surface area contributed by atoms with Gasteiger partial charge in [-0.15, -0.1) is 11.3 Å². The summed E-state index contributed by atoms with van der Waals surface area (Å²) in [5.41, 5.74) is 1.09. The average Bonchev–Trinajstić information content (AvgIpc) is 2.90. The summed E-state index contributed by atoms with van der Waals surface area (Å²) < 4.78 is 6.16. The summed E-state index contributed by atoms with van der Waals surface area (Å²) >= 11 is 1.77. The Kier molecular flexibility index (Phi) is 4.48. The van der Waals surface area contributed by atoms with E-state index in [9.17, 15) is 4.79 Å². The lowest BCUT2D eigenvalue weighted by Gasteiger charge is -2.31. The molecular weight excluding hydrogens is 286 g/mol. The van der Waals surface area contributed by atoms with E-state index < -0.39 is 0 Å². The molecule has 0 atom stereocenters. The van der Waals surface area contributed by atoms with Gasteiger partial charge in [-0.3, -0.25) is 4.79 Å². The first kappa shape index (κ1) is 14.4. The number of carbonyl (C=O) groups is 1. The quantitative estimate of drug-likeness (QED) is 0.876. The second kappa shape index (κ2) is 6.51. The Balaban J connectivity index is 1.56. The fraction of sp³-hybridized carbons (Fsp3) is 0.467. The Morgan fingerprint density at radius 1 is 1.38 bits per heavy atom. The number of fused-ring (bicyclic) bond motifs is 1. The molecule has 1 amide bonds. The zero-order chi connectivity index (χ0) is 14.7. The standard InChI is InChI=1S/C15H19N3O2S/c1-20-11-15(19)18-8-6-17(7-9-18)10-14-16-12-4-2-3-5-13(12)21-14/h2-5H,6-11H2,1H3/p+1. The maximum Gasteiger partial charge on any atom is 0.248 e. The fourth-order valence-electron chi connectivity index (χ4n) is 2.67. The van der Waals surface area contributed by atoms with Crippen molar-refractivity contribution in [1.82, 2.24) is 9.88 Å². The van der Waals surface area contributed by atoms with Crippen LogP contribution < -0.4 is 4.90 Å². The predicted octanol–water partition coefficient (Wildman–Crippen LogP) is 0.170. The number of piperazine rings is 1. The molecule has 1 aromatic heterocycles. The minimum atomic E-state index is 0.0940. The monoisotopic (exact) mass is 306 g/mol. The number of hydrogen-bond donors (Lipinski definition) is 1. The van der Waals surface area contributed by atoms with Crippen LogP contribution in [0.15, 0.2) is 24.3 Å². The number of carbonyl (C=O) groups excluding carboxylic acids is 1.